The number of nitrogens with two attached hydrogens (primary N) is 1. The fourth-order valence-corrected chi connectivity index (χ4v) is 4.18. The van der Waals surface area contributed by atoms with Gasteiger partial charge < -0.3 is 25.5 Å². The van der Waals surface area contributed by atoms with E-state index in [2.05, 4.69) is 25.5 Å². The summed E-state index contributed by atoms with van der Waals surface area (Å²) in [6.45, 7) is 2.07. The lowest BCUT2D eigenvalue weighted by atomic mass is 10.1. The number of carboxylic acid groups (broad SMARTS) is 1. The van der Waals surface area contributed by atoms with Crippen LogP contribution in [0.3, 0.4) is 0 Å². The molecule has 0 spiro atoms. The molecule has 2 aromatic heterocycles. The van der Waals surface area contributed by atoms with Crippen LogP contribution in [0.4, 0.5) is 11.6 Å². The van der Waals surface area contributed by atoms with Crippen LogP contribution in [-0.4, -0.2) is 51.4 Å². The number of anilines is 2. The second kappa shape index (κ2) is 7.06. The molecule has 2 unspecified atom stereocenters. The van der Waals surface area contributed by atoms with Crippen LogP contribution in [0.2, 0.25) is 0 Å². The molecule has 154 valence electrons. The highest BCUT2D eigenvalue weighted by Gasteiger charge is 2.60. The molecule has 1 saturated heterocycles. The van der Waals surface area contributed by atoms with Crippen molar-refractivity contribution in [1.82, 2.24) is 25.5 Å². The van der Waals surface area contributed by atoms with Gasteiger partial charge in [0.25, 0.3) is 5.89 Å². The molecule has 2 atom stereocenters. The summed E-state index contributed by atoms with van der Waals surface area (Å²) in [7, 11) is 1.90. The fraction of sp³-hybridized carbons (Fsp3) is 0.350. The van der Waals surface area contributed by atoms with E-state index in [9.17, 15) is 9.90 Å². The van der Waals surface area contributed by atoms with Crippen LogP contribution in [0.5, 0.6) is 0 Å². The SMILES string of the molecule is CNCc1ccc(-c2nnc(-c3nc(N4CC5C(C4)C5C(=O)O)cnc3N)o2)cc1. The maximum atomic E-state index is 11.2. The predicted molar refractivity (Wildman–Crippen MR) is 108 cm³/mol. The fourth-order valence-electron chi connectivity index (χ4n) is 4.18. The molecule has 5 rings (SSSR count). The van der Waals surface area contributed by atoms with E-state index in [1.807, 2.05) is 36.2 Å². The molecule has 10 heteroatoms. The number of hydrogen-bond donors (Lipinski definition) is 3. The summed E-state index contributed by atoms with van der Waals surface area (Å²) in [6.07, 6.45) is 1.59. The molecular formula is C20H21N7O3. The van der Waals surface area contributed by atoms with Crippen molar-refractivity contribution >= 4 is 17.6 Å². The summed E-state index contributed by atoms with van der Waals surface area (Å²) in [5.74, 6) is 0.796. The first kappa shape index (κ1) is 18.5. The Kier molecular flexibility index (Phi) is 4.35. The van der Waals surface area contributed by atoms with Crippen molar-refractivity contribution < 1.29 is 14.3 Å². The average Bonchev–Trinajstić information content (AvgIpc) is 3.09. The average molecular weight is 407 g/mol. The zero-order chi connectivity index (χ0) is 20.8. The van der Waals surface area contributed by atoms with Crippen LogP contribution in [0.1, 0.15) is 5.56 Å². The lowest BCUT2D eigenvalue weighted by Gasteiger charge is -2.20. The minimum atomic E-state index is -0.717. The van der Waals surface area contributed by atoms with E-state index in [-0.39, 0.29) is 29.5 Å². The van der Waals surface area contributed by atoms with Gasteiger partial charge in [0.05, 0.1) is 12.1 Å². The number of carboxylic acids is 1. The number of nitrogens with one attached hydrogen (secondary N) is 1. The first-order chi connectivity index (χ1) is 14.5. The van der Waals surface area contributed by atoms with E-state index in [0.29, 0.717) is 30.5 Å². The zero-order valence-electron chi connectivity index (χ0n) is 16.3. The molecule has 2 aliphatic rings. The van der Waals surface area contributed by atoms with E-state index in [1.54, 1.807) is 6.20 Å². The van der Waals surface area contributed by atoms with Gasteiger partial charge in [-0.25, -0.2) is 9.97 Å². The Hall–Kier alpha value is -3.53. The van der Waals surface area contributed by atoms with Crippen LogP contribution < -0.4 is 16.0 Å². The number of aromatic nitrogens is 4. The van der Waals surface area contributed by atoms with Gasteiger partial charge in [-0.15, -0.1) is 10.2 Å². The van der Waals surface area contributed by atoms with Gasteiger partial charge in [0.2, 0.25) is 5.89 Å². The molecular weight excluding hydrogens is 386 g/mol. The molecule has 1 aliphatic heterocycles. The van der Waals surface area contributed by atoms with Gasteiger partial charge >= 0.3 is 5.97 Å². The van der Waals surface area contributed by atoms with Crippen LogP contribution in [0.15, 0.2) is 34.9 Å². The number of hydrogen-bond acceptors (Lipinski definition) is 9. The van der Waals surface area contributed by atoms with E-state index in [0.717, 1.165) is 17.7 Å². The molecule has 3 heterocycles. The van der Waals surface area contributed by atoms with E-state index in [1.165, 1.54) is 0 Å². The molecule has 1 saturated carbocycles. The first-order valence-electron chi connectivity index (χ1n) is 9.73. The molecule has 4 N–H and O–H groups in total. The summed E-state index contributed by atoms with van der Waals surface area (Å²) in [5, 5.41) is 20.5. The Morgan fingerprint density at radius 2 is 1.93 bits per heavy atom. The maximum absolute atomic E-state index is 11.2. The van der Waals surface area contributed by atoms with Gasteiger partial charge in [0.15, 0.2) is 11.5 Å². The Bertz CT molecular complexity index is 1090. The van der Waals surface area contributed by atoms with Gasteiger partial charge in [0, 0.05) is 25.2 Å². The molecule has 30 heavy (non-hydrogen) atoms. The number of carbonyl (C=O) groups is 1. The third-order valence-electron chi connectivity index (χ3n) is 5.80. The van der Waals surface area contributed by atoms with Gasteiger partial charge in [-0.05, 0) is 36.6 Å². The van der Waals surface area contributed by atoms with Crippen molar-refractivity contribution in [3.05, 3.63) is 36.0 Å². The van der Waals surface area contributed by atoms with Gasteiger partial charge in [0.1, 0.15) is 5.82 Å². The highest BCUT2D eigenvalue weighted by atomic mass is 16.4. The smallest absolute Gasteiger partial charge is 0.307 e. The largest absolute Gasteiger partial charge is 0.481 e. The van der Waals surface area contributed by atoms with Crippen molar-refractivity contribution in [3.63, 3.8) is 0 Å². The number of benzene rings is 1. The molecule has 3 aromatic rings. The van der Waals surface area contributed by atoms with Crippen LogP contribution in [0.25, 0.3) is 23.0 Å². The zero-order valence-corrected chi connectivity index (χ0v) is 16.3. The second-order valence-corrected chi connectivity index (χ2v) is 7.70. The molecule has 0 radical (unpaired) electrons. The number of nitrogens with zero attached hydrogens (tertiary/aromatic N) is 5. The van der Waals surface area contributed by atoms with E-state index in [4.69, 9.17) is 10.2 Å². The maximum Gasteiger partial charge on any atom is 0.307 e. The van der Waals surface area contributed by atoms with Crippen molar-refractivity contribution in [1.29, 1.82) is 0 Å². The second-order valence-electron chi connectivity index (χ2n) is 7.70. The number of aliphatic carboxylic acids is 1. The van der Waals surface area contributed by atoms with Crippen LogP contribution in [0, 0.1) is 17.8 Å². The summed E-state index contributed by atoms with van der Waals surface area (Å²) < 4.78 is 5.82. The molecule has 0 amide bonds. The number of rotatable bonds is 6. The van der Waals surface area contributed by atoms with Crippen molar-refractivity contribution in [3.8, 4) is 23.0 Å². The number of fused-ring (bicyclic) bond motifs is 1. The monoisotopic (exact) mass is 407 g/mol. The highest BCUT2D eigenvalue weighted by molar-refractivity contribution is 5.75. The standard InChI is InChI=1S/C20H21N7O3/c1-22-6-10-2-4-11(5-3-10)18-25-26-19(30-18)16-17(21)23-7-14(24-16)27-8-12-13(9-27)15(12)20(28)29/h2-5,7,12-13,15,22H,6,8-9H2,1H3,(H2,21,23)(H,28,29). The molecule has 2 fully saturated rings. The highest BCUT2D eigenvalue weighted by Crippen LogP contribution is 2.52. The van der Waals surface area contributed by atoms with Gasteiger partial charge in [-0.2, -0.15) is 0 Å². The van der Waals surface area contributed by atoms with Gasteiger partial charge in [-0.1, -0.05) is 12.1 Å². The molecule has 0 bridgehead atoms. The van der Waals surface area contributed by atoms with Crippen LogP contribution in [-0.2, 0) is 11.3 Å². The summed E-state index contributed by atoms with van der Waals surface area (Å²) in [4.78, 5) is 22.0. The lowest BCUT2D eigenvalue weighted by Crippen LogP contribution is -2.27. The number of piperidine rings is 1. The Morgan fingerprint density at radius 3 is 2.60 bits per heavy atom. The summed E-state index contributed by atoms with van der Waals surface area (Å²) in [6, 6.07) is 7.83. The Morgan fingerprint density at radius 1 is 1.23 bits per heavy atom. The minimum Gasteiger partial charge on any atom is -0.481 e. The molecule has 1 aromatic carbocycles. The topological polar surface area (TPSA) is 143 Å². The minimum absolute atomic E-state index is 0.172. The van der Waals surface area contributed by atoms with Crippen LogP contribution >= 0.6 is 0 Å². The third-order valence-corrected chi connectivity index (χ3v) is 5.80. The Balaban J connectivity index is 1.36. The number of nitrogen functional groups attached to an aromatic ring is 1. The summed E-state index contributed by atoms with van der Waals surface area (Å²) in [5.41, 5.74) is 8.29. The van der Waals surface area contributed by atoms with Gasteiger partial charge in [-0.3, -0.25) is 4.79 Å². The molecule has 1 aliphatic carbocycles. The van der Waals surface area contributed by atoms with E-state index < -0.39 is 5.97 Å². The van der Waals surface area contributed by atoms with Crippen molar-refractivity contribution in [2.45, 2.75) is 6.54 Å². The first-order valence-corrected chi connectivity index (χ1v) is 9.73. The normalized spacial score (nSPS) is 22.2. The predicted octanol–water partition coefficient (Wildman–Crippen LogP) is 1.26. The van der Waals surface area contributed by atoms with Crippen molar-refractivity contribution in [2.24, 2.45) is 17.8 Å². The molecule has 10 nitrogen and oxygen atoms in total. The summed E-state index contributed by atoms with van der Waals surface area (Å²) >= 11 is 0. The van der Waals surface area contributed by atoms with E-state index >= 15 is 0 Å². The lowest BCUT2D eigenvalue weighted by molar-refractivity contribution is -0.139. The third kappa shape index (κ3) is 3.14. The van der Waals surface area contributed by atoms with Crippen molar-refractivity contribution in [2.75, 3.05) is 30.8 Å². The quantitative estimate of drug-likeness (QED) is 0.546. The Labute approximate surface area is 172 Å².